The second-order valence-corrected chi connectivity index (χ2v) is 6.58. The van der Waals surface area contributed by atoms with Gasteiger partial charge in [-0.15, -0.1) is 0 Å². The first-order chi connectivity index (χ1) is 10.5. The first-order valence-electron chi connectivity index (χ1n) is 7.53. The zero-order valence-corrected chi connectivity index (χ0v) is 13.4. The molecule has 1 unspecified atom stereocenters. The van der Waals surface area contributed by atoms with Crippen molar-refractivity contribution in [2.45, 2.75) is 39.2 Å². The number of nitrogens with one attached hydrogen (secondary N) is 2. The first-order valence-corrected chi connectivity index (χ1v) is 7.91. The molecular weight excluding hydrogens is 298 g/mol. The SMILES string of the molecule is CC(C)C(=O)NC1CCc2[nH]c3cc(Cl)c(C#N)cc3c2C1. The molecule has 114 valence electrons. The maximum absolute atomic E-state index is 11.9. The fourth-order valence-electron chi connectivity index (χ4n) is 3.02. The van der Waals surface area contributed by atoms with Gasteiger partial charge >= 0.3 is 0 Å². The second kappa shape index (κ2) is 5.66. The van der Waals surface area contributed by atoms with E-state index in [2.05, 4.69) is 16.4 Å². The molecule has 2 N–H and O–H groups in total. The number of benzene rings is 1. The molecule has 5 heteroatoms. The predicted octanol–water partition coefficient (Wildman–Crippen LogP) is 3.32. The highest BCUT2D eigenvalue weighted by atomic mass is 35.5. The fourth-order valence-corrected chi connectivity index (χ4v) is 3.22. The molecule has 1 heterocycles. The molecule has 1 aromatic carbocycles. The summed E-state index contributed by atoms with van der Waals surface area (Å²) < 4.78 is 0. The van der Waals surface area contributed by atoms with Gasteiger partial charge in [-0.05, 0) is 37.0 Å². The summed E-state index contributed by atoms with van der Waals surface area (Å²) in [5.74, 6) is 0.0856. The lowest BCUT2D eigenvalue weighted by molar-refractivity contribution is -0.124. The van der Waals surface area contributed by atoms with Crippen LogP contribution in [0.1, 0.15) is 37.1 Å². The van der Waals surface area contributed by atoms with Crippen molar-refractivity contribution in [1.82, 2.24) is 10.3 Å². The highest BCUT2D eigenvalue weighted by Crippen LogP contribution is 2.32. The highest BCUT2D eigenvalue weighted by molar-refractivity contribution is 6.32. The van der Waals surface area contributed by atoms with E-state index in [0.29, 0.717) is 10.6 Å². The molecule has 0 aliphatic heterocycles. The van der Waals surface area contributed by atoms with E-state index >= 15 is 0 Å². The van der Waals surface area contributed by atoms with E-state index in [4.69, 9.17) is 16.9 Å². The molecule has 0 radical (unpaired) electrons. The number of fused-ring (bicyclic) bond motifs is 3. The van der Waals surface area contributed by atoms with E-state index in [1.54, 1.807) is 0 Å². The van der Waals surface area contributed by atoms with Crippen molar-refractivity contribution in [3.05, 3.63) is 34.0 Å². The van der Waals surface area contributed by atoms with Crippen molar-refractivity contribution in [3.63, 3.8) is 0 Å². The van der Waals surface area contributed by atoms with Crippen LogP contribution in [0.4, 0.5) is 0 Å². The molecule has 1 aromatic heterocycles. The Kier molecular flexibility index (Phi) is 3.84. The Morgan fingerprint density at radius 2 is 2.27 bits per heavy atom. The molecule has 1 aliphatic rings. The largest absolute Gasteiger partial charge is 0.358 e. The summed E-state index contributed by atoms with van der Waals surface area (Å²) in [7, 11) is 0. The molecule has 1 aliphatic carbocycles. The lowest BCUT2D eigenvalue weighted by Gasteiger charge is -2.24. The van der Waals surface area contributed by atoms with Gasteiger partial charge in [0.15, 0.2) is 0 Å². The van der Waals surface area contributed by atoms with E-state index in [0.717, 1.165) is 30.2 Å². The summed E-state index contributed by atoms with van der Waals surface area (Å²) in [4.78, 5) is 15.3. The summed E-state index contributed by atoms with van der Waals surface area (Å²) in [6.45, 7) is 3.80. The summed E-state index contributed by atoms with van der Waals surface area (Å²) in [6.07, 6.45) is 2.62. The lowest BCUT2D eigenvalue weighted by Crippen LogP contribution is -2.40. The number of hydrogen-bond donors (Lipinski definition) is 2. The van der Waals surface area contributed by atoms with E-state index in [-0.39, 0.29) is 17.9 Å². The Hall–Kier alpha value is -1.99. The molecule has 1 amide bonds. The number of nitrogens with zero attached hydrogens (tertiary/aromatic N) is 1. The Bertz CT molecular complexity index is 785. The number of halogens is 1. The average molecular weight is 316 g/mol. The maximum Gasteiger partial charge on any atom is 0.222 e. The summed E-state index contributed by atoms with van der Waals surface area (Å²) in [5.41, 5.74) is 3.84. The Morgan fingerprint density at radius 3 is 2.95 bits per heavy atom. The van der Waals surface area contributed by atoms with Crippen LogP contribution in [0, 0.1) is 17.2 Å². The standard InChI is InChI=1S/C17H18ClN3O/c1-9(2)17(22)20-11-3-4-15-13(6-11)12-5-10(8-19)14(18)7-16(12)21-15/h5,7,9,11,21H,3-4,6H2,1-2H3,(H,20,22). The Balaban J connectivity index is 1.94. The number of carbonyl (C=O) groups excluding carboxylic acids is 1. The second-order valence-electron chi connectivity index (χ2n) is 6.17. The summed E-state index contributed by atoms with van der Waals surface area (Å²) in [6, 6.07) is 5.94. The van der Waals surface area contributed by atoms with Crippen molar-refractivity contribution >= 4 is 28.4 Å². The molecule has 22 heavy (non-hydrogen) atoms. The zero-order chi connectivity index (χ0) is 15.9. The summed E-state index contributed by atoms with van der Waals surface area (Å²) in [5, 5.41) is 13.8. The number of amides is 1. The van der Waals surface area contributed by atoms with Crippen LogP contribution >= 0.6 is 11.6 Å². The number of aryl methyl sites for hydroxylation is 1. The van der Waals surface area contributed by atoms with Gasteiger partial charge in [0.2, 0.25) is 5.91 Å². The van der Waals surface area contributed by atoms with Crippen LogP contribution < -0.4 is 5.32 Å². The minimum Gasteiger partial charge on any atom is -0.358 e. The topological polar surface area (TPSA) is 68.7 Å². The van der Waals surface area contributed by atoms with Gasteiger partial charge in [0.25, 0.3) is 0 Å². The Labute approximate surface area is 134 Å². The maximum atomic E-state index is 11.9. The van der Waals surface area contributed by atoms with Gasteiger partial charge in [-0.25, -0.2) is 0 Å². The molecule has 2 aromatic rings. The van der Waals surface area contributed by atoms with Crippen LogP contribution in [-0.2, 0) is 17.6 Å². The molecule has 0 saturated carbocycles. The molecule has 1 atom stereocenters. The quantitative estimate of drug-likeness (QED) is 0.892. The van der Waals surface area contributed by atoms with Crippen LogP contribution in [0.3, 0.4) is 0 Å². The van der Waals surface area contributed by atoms with Gasteiger partial charge < -0.3 is 10.3 Å². The smallest absolute Gasteiger partial charge is 0.222 e. The molecule has 0 bridgehead atoms. The van der Waals surface area contributed by atoms with Gasteiger partial charge in [-0.1, -0.05) is 25.4 Å². The van der Waals surface area contributed by atoms with E-state index in [1.165, 1.54) is 11.3 Å². The van der Waals surface area contributed by atoms with Crippen LogP contribution in [0.25, 0.3) is 10.9 Å². The zero-order valence-electron chi connectivity index (χ0n) is 12.7. The number of carbonyl (C=O) groups is 1. The molecule has 0 saturated heterocycles. The van der Waals surface area contributed by atoms with Gasteiger partial charge in [0.1, 0.15) is 6.07 Å². The first kappa shape index (κ1) is 14.9. The van der Waals surface area contributed by atoms with Crippen LogP contribution in [0.5, 0.6) is 0 Å². The van der Waals surface area contributed by atoms with Crippen molar-refractivity contribution in [3.8, 4) is 6.07 Å². The molecule has 0 spiro atoms. The Morgan fingerprint density at radius 1 is 1.50 bits per heavy atom. The number of H-pyrrole nitrogens is 1. The highest BCUT2D eigenvalue weighted by Gasteiger charge is 2.24. The fraction of sp³-hybridized carbons (Fsp3) is 0.412. The van der Waals surface area contributed by atoms with Crippen LogP contribution in [0.2, 0.25) is 5.02 Å². The minimum absolute atomic E-state index is 0.00614. The van der Waals surface area contributed by atoms with Crippen LogP contribution in [0.15, 0.2) is 12.1 Å². The molecule has 4 nitrogen and oxygen atoms in total. The number of aromatic amines is 1. The average Bonchev–Trinajstić information content (AvgIpc) is 2.82. The molecular formula is C17H18ClN3O. The number of aromatic nitrogens is 1. The van der Waals surface area contributed by atoms with Gasteiger partial charge in [-0.3, -0.25) is 4.79 Å². The minimum atomic E-state index is -0.00614. The number of hydrogen-bond acceptors (Lipinski definition) is 2. The predicted molar refractivity (Wildman–Crippen MR) is 86.8 cm³/mol. The number of rotatable bonds is 2. The lowest BCUT2D eigenvalue weighted by atomic mass is 9.91. The third-order valence-electron chi connectivity index (χ3n) is 4.27. The summed E-state index contributed by atoms with van der Waals surface area (Å²) >= 11 is 6.10. The van der Waals surface area contributed by atoms with Crippen molar-refractivity contribution in [1.29, 1.82) is 5.26 Å². The van der Waals surface area contributed by atoms with E-state index in [1.807, 2.05) is 26.0 Å². The number of nitriles is 1. The van der Waals surface area contributed by atoms with Gasteiger partial charge in [0, 0.05) is 28.6 Å². The monoisotopic (exact) mass is 315 g/mol. The molecule has 3 rings (SSSR count). The third-order valence-corrected chi connectivity index (χ3v) is 4.58. The van der Waals surface area contributed by atoms with Crippen LogP contribution in [-0.4, -0.2) is 16.9 Å². The normalized spacial score (nSPS) is 17.3. The van der Waals surface area contributed by atoms with Crippen molar-refractivity contribution < 1.29 is 4.79 Å². The third kappa shape index (κ3) is 2.57. The van der Waals surface area contributed by atoms with Gasteiger partial charge in [-0.2, -0.15) is 5.26 Å². The van der Waals surface area contributed by atoms with Crippen molar-refractivity contribution in [2.75, 3.05) is 0 Å². The van der Waals surface area contributed by atoms with Gasteiger partial charge in [0.05, 0.1) is 10.6 Å². The molecule has 0 fully saturated rings. The van der Waals surface area contributed by atoms with E-state index < -0.39 is 0 Å². The van der Waals surface area contributed by atoms with Crippen molar-refractivity contribution in [2.24, 2.45) is 5.92 Å². The van der Waals surface area contributed by atoms with E-state index in [9.17, 15) is 4.79 Å².